The van der Waals surface area contributed by atoms with Crippen molar-refractivity contribution < 1.29 is 0 Å². The molecule has 5 nitrogen and oxygen atoms in total. The highest BCUT2D eigenvalue weighted by molar-refractivity contribution is 7.80. The van der Waals surface area contributed by atoms with Crippen LogP contribution in [0.5, 0.6) is 0 Å². The minimum atomic E-state index is 0.390. The Morgan fingerprint density at radius 1 is 1.47 bits per heavy atom. The number of thiocarbonyl (C=S) groups is 1. The van der Waals surface area contributed by atoms with E-state index in [0.717, 1.165) is 29.2 Å². The molecular weight excluding hydrogens is 258 g/mol. The van der Waals surface area contributed by atoms with Gasteiger partial charge in [-0.05, 0) is 19.1 Å². The fourth-order valence-electron chi connectivity index (χ4n) is 1.90. The molecular formula is C13H17N5S. The van der Waals surface area contributed by atoms with Crippen molar-refractivity contribution in [2.24, 2.45) is 12.8 Å². The lowest BCUT2D eigenvalue weighted by molar-refractivity contribution is 0.766. The predicted molar refractivity (Wildman–Crippen MR) is 80.2 cm³/mol. The van der Waals surface area contributed by atoms with Gasteiger partial charge in [0.1, 0.15) is 10.8 Å². The summed E-state index contributed by atoms with van der Waals surface area (Å²) in [6.07, 6.45) is 3.83. The van der Waals surface area contributed by atoms with Gasteiger partial charge < -0.3 is 10.6 Å². The number of pyridine rings is 1. The van der Waals surface area contributed by atoms with Crippen LogP contribution in [0.15, 0.2) is 24.5 Å². The summed E-state index contributed by atoms with van der Waals surface area (Å²) in [4.78, 5) is 6.94. The SMILES string of the molecule is Cc1cc(C(N)=S)cc(N(C)Cc2cnn(C)c2)n1. The van der Waals surface area contributed by atoms with E-state index in [0.29, 0.717) is 4.99 Å². The molecule has 2 rings (SSSR count). The number of aryl methyl sites for hydroxylation is 2. The van der Waals surface area contributed by atoms with Crippen LogP contribution in [0.3, 0.4) is 0 Å². The van der Waals surface area contributed by atoms with E-state index in [1.54, 1.807) is 4.68 Å². The quantitative estimate of drug-likeness (QED) is 0.855. The van der Waals surface area contributed by atoms with Gasteiger partial charge in [-0.1, -0.05) is 12.2 Å². The van der Waals surface area contributed by atoms with Gasteiger partial charge in [0.15, 0.2) is 0 Å². The molecule has 2 aromatic rings. The standard InChI is InChI=1S/C13H17N5S/c1-9-4-11(13(14)19)5-12(16-9)17(2)7-10-6-15-18(3)8-10/h4-6,8H,7H2,1-3H3,(H2,14,19). The molecule has 6 heteroatoms. The topological polar surface area (TPSA) is 60.0 Å². The van der Waals surface area contributed by atoms with Crippen LogP contribution in [0.25, 0.3) is 0 Å². The molecule has 0 radical (unpaired) electrons. The first kappa shape index (κ1) is 13.5. The van der Waals surface area contributed by atoms with Crippen molar-refractivity contribution in [2.45, 2.75) is 13.5 Å². The van der Waals surface area contributed by atoms with E-state index < -0.39 is 0 Å². The molecule has 0 spiro atoms. The molecule has 0 aliphatic heterocycles. The summed E-state index contributed by atoms with van der Waals surface area (Å²) in [6, 6.07) is 3.80. The molecule has 0 saturated carbocycles. The van der Waals surface area contributed by atoms with Gasteiger partial charge in [0.05, 0.1) is 6.20 Å². The Kier molecular flexibility index (Phi) is 3.80. The maximum absolute atomic E-state index is 5.68. The molecule has 0 aliphatic carbocycles. The Bertz CT molecular complexity index is 605. The van der Waals surface area contributed by atoms with E-state index in [1.807, 2.05) is 50.4 Å². The molecule has 2 heterocycles. The van der Waals surface area contributed by atoms with Gasteiger partial charge in [-0.15, -0.1) is 0 Å². The van der Waals surface area contributed by atoms with Gasteiger partial charge in [0.2, 0.25) is 0 Å². The van der Waals surface area contributed by atoms with Gasteiger partial charge in [-0.3, -0.25) is 4.68 Å². The van der Waals surface area contributed by atoms with Crippen molar-refractivity contribution >= 4 is 23.0 Å². The smallest absolute Gasteiger partial charge is 0.129 e. The van der Waals surface area contributed by atoms with E-state index in [1.165, 1.54) is 0 Å². The normalized spacial score (nSPS) is 10.5. The third-order valence-corrected chi connectivity index (χ3v) is 3.03. The van der Waals surface area contributed by atoms with Crippen LogP contribution in [-0.2, 0) is 13.6 Å². The van der Waals surface area contributed by atoms with E-state index in [9.17, 15) is 0 Å². The zero-order valence-corrected chi connectivity index (χ0v) is 12.1. The average Bonchev–Trinajstić information content (AvgIpc) is 2.73. The van der Waals surface area contributed by atoms with Gasteiger partial charge in [0, 0.05) is 43.7 Å². The lowest BCUT2D eigenvalue weighted by Crippen LogP contribution is -2.19. The Morgan fingerprint density at radius 2 is 2.21 bits per heavy atom. The Morgan fingerprint density at radius 3 is 2.79 bits per heavy atom. The van der Waals surface area contributed by atoms with Crippen molar-refractivity contribution in [3.05, 3.63) is 41.3 Å². The first-order chi connectivity index (χ1) is 8.95. The zero-order chi connectivity index (χ0) is 14.0. The first-order valence-corrected chi connectivity index (χ1v) is 6.33. The lowest BCUT2D eigenvalue weighted by Gasteiger charge is -2.18. The predicted octanol–water partition coefficient (Wildman–Crippen LogP) is 1.39. The van der Waals surface area contributed by atoms with E-state index in [-0.39, 0.29) is 0 Å². The molecule has 0 unspecified atom stereocenters. The third-order valence-electron chi connectivity index (χ3n) is 2.79. The second kappa shape index (κ2) is 5.36. The van der Waals surface area contributed by atoms with Crippen LogP contribution < -0.4 is 10.6 Å². The summed E-state index contributed by atoms with van der Waals surface area (Å²) in [5.41, 5.74) is 8.55. The fourth-order valence-corrected chi connectivity index (χ4v) is 2.02. The highest BCUT2D eigenvalue weighted by Crippen LogP contribution is 2.16. The fraction of sp³-hybridized carbons (Fsp3) is 0.308. The maximum atomic E-state index is 5.68. The largest absolute Gasteiger partial charge is 0.389 e. The van der Waals surface area contributed by atoms with Crippen molar-refractivity contribution in [1.82, 2.24) is 14.8 Å². The van der Waals surface area contributed by atoms with E-state index in [2.05, 4.69) is 10.1 Å². The summed E-state index contributed by atoms with van der Waals surface area (Å²) >= 11 is 5.02. The molecule has 2 aromatic heterocycles. The summed E-state index contributed by atoms with van der Waals surface area (Å²) in [6.45, 7) is 2.67. The molecule has 0 aliphatic rings. The summed E-state index contributed by atoms with van der Waals surface area (Å²) in [5, 5.41) is 4.16. The Balaban J connectivity index is 2.23. The summed E-state index contributed by atoms with van der Waals surface area (Å²) < 4.78 is 1.79. The van der Waals surface area contributed by atoms with Gasteiger partial charge in [-0.25, -0.2) is 4.98 Å². The molecule has 0 fully saturated rings. The van der Waals surface area contributed by atoms with Crippen LogP contribution in [0.2, 0.25) is 0 Å². The van der Waals surface area contributed by atoms with Crippen LogP contribution in [0.4, 0.5) is 5.82 Å². The van der Waals surface area contributed by atoms with Crippen LogP contribution in [0, 0.1) is 6.92 Å². The number of anilines is 1. The minimum Gasteiger partial charge on any atom is -0.389 e. The monoisotopic (exact) mass is 275 g/mol. The minimum absolute atomic E-state index is 0.390. The number of nitrogens with zero attached hydrogens (tertiary/aromatic N) is 4. The van der Waals surface area contributed by atoms with Gasteiger partial charge >= 0.3 is 0 Å². The van der Waals surface area contributed by atoms with Crippen molar-refractivity contribution in [1.29, 1.82) is 0 Å². The van der Waals surface area contributed by atoms with Crippen LogP contribution in [-0.4, -0.2) is 26.8 Å². The number of rotatable bonds is 4. The van der Waals surface area contributed by atoms with Gasteiger partial charge in [0.25, 0.3) is 0 Å². The second-order valence-corrected chi connectivity index (χ2v) is 5.04. The van der Waals surface area contributed by atoms with Crippen LogP contribution >= 0.6 is 12.2 Å². The van der Waals surface area contributed by atoms with Crippen molar-refractivity contribution in [2.75, 3.05) is 11.9 Å². The molecule has 0 amide bonds. The Hall–Kier alpha value is -1.95. The van der Waals surface area contributed by atoms with Crippen LogP contribution in [0.1, 0.15) is 16.8 Å². The Labute approximate surface area is 118 Å². The zero-order valence-electron chi connectivity index (χ0n) is 11.3. The van der Waals surface area contributed by atoms with E-state index in [4.69, 9.17) is 18.0 Å². The highest BCUT2D eigenvalue weighted by atomic mass is 32.1. The average molecular weight is 275 g/mol. The molecule has 2 N–H and O–H groups in total. The number of aromatic nitrogens is 3. The third kappa shape index (κ3) is 3.29. The number of hydrogen-bond donors (Lipinski definition) is 1. The number of nitrogens with two attached hydrogens (primary N) is 1. The lowest BCUT2D eigenvalue weighted by atomic mass is 10.2. The van der Waals surface area contributed by atoms with Crippen molar-refractivity contribution in [3.63, 3.8) is 0 Å². The molecule has 0 bridgehead atoms. The second-order valence-electron chi connectivity index (χ2n) is 4.60. The molecule has 0 atom stereocenters. The molecule has 0 aromatic carbocycles. The van der Waals surface area contributed by atoms with E-state index >= 15 is 0 Å². The van der Waals surface area contributed by atoms with Gasteiger partial charge in [-0.2, -0.15) is 5.10 Å². The first-order valence-electron chi connectivity index (χ1n) is 5.93. The molecule has 100 valence electrons. The molecule has 19 heavy (non-hydrogen) atoms. The number of hydrogen-bond acceptors (Lipinski definition) is 4. The maximum Gasteiger partial charge on any atom is 0.129 e. The summed E-state index contributed by atoms with van der Waals surface area (Å²) in [5.74, 6) is 0.853. The highest BCUT2D eigenvalue weighted by Gasteiger charge is 2.08. The molecule has 0 saturated heterocycles. The van der Waals surface area contributed by atoms with Crippen molar-refractivity contribution in [3.8, 4) is 0 Å². The summed E-state index contributed by atoms with van der Waals surface area (Å²) in [7, 11) is 3.89.